The molecule has 6 nitrogen and oxygen atoms in total. The van der Waals surface area contributed by atoms with Crippen molar-refractivity contribution in [1.82, 2.24) is 14.8 Å². The molecule has 1 heterocycles. The molecule has 0 saturated carbocycles. The van der Waals surface area contributed by atoms with E-state index in [1.165, 1.54) is 18.0 Å². The van der Waals surface area contributed by atoms with E-state index in [4.69, 9.17) is 4.74 Å². The fourth-order valence-corrected chi connectivity index (χ4v) is 4.12. The van der Waals surface area contributed by atoms with E-state index in [2.05, 4.69) is 10.2 Å². The molecule has 0 radical (unpaired) electrons. The summed E-state index contributed by atoms with van der Waals surface area (Å²) in [5.41, 5.74) is 0.949. The first kappa shape index (κ1) is 16.8. The Morgan fingerprint density at radius 2 is 1.91 bits per heavy atom. The van der Waals surface area contributed by atoms with Crippen molar-refractivity contribution < 1.29 is 13.2 Å². The Bertz CT molecular complexity index is 724. The lowest BCUT2D eigenvalue weighted by Gasteiger charge is -2.07. The van der Waals surface area contributed by atoms with Gasteiger partial charge < -0.3 is 9.30 Å². The summed E-state index contributed by atoms with van der Waals surface area (Å²) in [5.74, 6) is 2.16. The van der Waals surface area contributed by atoms with E-state index in [0.717, 1.165) is 28.8 Å². The van der Waals surface area contributed by atoms with Gasteiger partial charge in [0.2, 0.25) is 0 Å². The lowest BCUT2D eigenvalue weighted by atomic mass is 10.2. The number of ether oxygens (including phenoxy) is 1. The zero-order valence-corrected chi connectivity index (χ0v) is 14.4. The first-order valence-electron chi connectivity index (χ1n) is 6.82. The molecular weight excluding hydrogens is 322 g/mol. The summed E-state index contributed by atoms with van der Waals surface area (Å²) in [7, 11) is -1.33. The van der Waals surface area contributed by atoms with Gasteiger partial charge in [0.1, 0.15) is 15.6 Å². The van der Waals surface area contributed by atoms with Crippen molar-refractivity contribution in [1.29, 1.82) is 0 Å². The minimum Gasteiger partial charge on any atom is -0.497 e. The highest BCUT2D eigenvalue weighted by molar-refractivity contribution is 8.00. The molecule has 2 rings (SSSR count). The van der Waals surface area contributed by atoms with Crippen LogP contribution in [0.5, 0.6) is 5.75 Å². The van der Waals surface area contributed by atoms with Crippen LogP contribution >= 0.6 is 11.8 Å². The fraction of sp³-hybridized carbons (Fsp3) is 0.429. The number of rotatable bonds is 7. The summed E-state index contributed by atoms with van der Waals surface area (Å²) >= 11 is 1.41. The van der Waals surface area contributed by atoms with Gasteiger partial charge in [0.25, 0.3) is 0 Å². The number of hydrogen-bond acceptors (Lipinski definition) is 6. The van der Waals surface area contributed by atoms with Crippen LogP contribution in [0.15, 0.2) is 29.4 Å². The van der Waals surface area contributed by atoms with Gasteiger partial charge in [-0.05, 0) is 31.2 Å². The van der Waals surface area contributed by atoms with Gasteiger partial charge in [-0.3, -0.25) is 0 Å². The molecule has 2 aromatic rings. The molecule has 0 aliphatic carbocycles. The zero-order valence-electron chi connectivity index (χ0n) is 12.8. The topological polar surface area (TPSA) is 74.1 Å². The number of sulfone groups is 1. The Hall–Kier alpha value is -1.54. The smallest absolute Gasteiger partial charge is 0.191 e. The number of thioether (sulfide) groups is 1. The van der Waals surface area contributed by atoms with Gasteiger partial charge >= 0.3 is 0 Å². The number of benzene rings is 1. The maximum Gasteiger partial charge on any atom is 0.191 e. The first-order valence-corrected chi connectivity index (χ1v) is 9.87. The fourth-order valence-electron chi connectivity index (χ4n) is 1.92. The first-order chi connectivity index (χ1) is 10.4. The second kappa shape index (κ2) is 7.15. The molecule has 0 saturated heterocycles. The number of aromatic nitrogens is 3. The molecule has 22 heavy (non-hydrogen) atoms. The second-order valence-electron chi connectivity index (χ2n) is 4.76. The van der Waals surface area contributed by atoms with Crippen molar-refractivity contribution in [2.75, 3.05) is 24.9 Å². The molecule has 1 aromatic heterocycles. The highest BCUT2D eigenvalue weighted by atomic mass is 32.2. The van der Waals surface area contributed by atoms with Crippen molar-refractivity contribution in [2.45, 2.75) is 18.6 Å². The van der Waals surface area contributed by atoms with Crippen molar-refractivity contribution >= 4 is 21.6 Å². The maximum absolute atomic E-state index is 11.2. The van der Waals surface area contributed by atoms with Gasteiger partial charge in [0.05, 0.1) is 12.9 Å². The van der Waals surface area contributed by atoms with Crippen LogP contribution in [-0.4, -0.2) is 48.1 Å². The third-order valence-electron chi connectivity index (χ3n) is 3.07. The van der Waals surface area contributed by atoms with Gasteiger partial charge in [-0.1, -0.05) is 11.8 Å². The highest BCUT2D eigenvalue weighted by Gasteiger charge is 2.14. The Morgan fingerprint density at radius 3 is 2.45 bits per heavy atom. The van der Waals surface area contributed by atoms with Crippen LogP contribution in [0.4, 0.5) is 0 Å². The molecule has 0 spiro atoms. The standard InChI is InChI=1S/C14H19N3O3S2/c1-4-17-13(11-5-7-12(20-2)8-6-11)15-16-14(17)21-9-10-22(3,18)19/h5-8H,4,9-10H2,1-3H3. The van der Waals surface area contributed by atoms with Crippen molar-refractivity contribution in [2.24, 2.45) is 0 Å². The van der Waals surface area contributed by atoms with E-state index in [-0.39, 0.29) is 5.75 Å². The molecule has 120 valence electrons. The van der Waals surface area contributed by atoms with Crippen molar-refractivity contribution in [3.05, 3.63) is 24.3 Å². The quantitative estimate of drug-likeness (QED) is 0.718. The summed E-state index contributed by atoms with van der Waals surface area (Å²) in [6, 6.07) is 7.61. The van der Waals surface area contributed by atoms with Crippen LogP contribution in [0.3, 0.4) is 0 Å². The average Bonchev–Trinajstić information content (AvgIpc) is 2.89. The van der Waals surface area contributed by atoms with Crippen LogP contribution in [0.25, 0.3) is 11.4 Å². The highest BCUT2D eigenvalue weighted by Crippen LogP contribution is 2.25. The molecule has 0 bridgehead atoms. The third-order valence-corrected chi connectivity index (χ3v) is 5.24. The SMILES string of the molecule is CCn1c(SCCS(C)(=O)=O)nnc1-c1ccc(OC)cc1. The van der Waals surface area contributed by atoms with Crippen molar-refractivity contribution in [3.63, 3.8) is 0 Å². The third kappa shape index (κ3) is 4.23. The molecular formula is C14H19N3O3S2. The Morgan fingerprint density at radius 1 is 1.23 bits per heavy atom. The van der Waals surface area contributed by atoms with E-state index in [9.17, 15) is 8.42 Å². The molecule has 0 fully saturated rings. The summed E-state index contributed by atoms with van der Waals surface area (Å²) in [4.78, 5) is 0. The number of nitrogens with zero attached hydrogens (tertiary/aromatic N) is 3. The van der Waals surface area contributed by atoms with Crippen LogP contribution < -0.4 is 4.74 Å². The minimum absolute atomic E-state index is 0.131. The molecule has 0 aliphatic rings. The Labute approximate surface area is 134 Å². The van der Waals surface area contributed by atoms with Gasteiger partial charge in [0.15, 0.2) is 11.0 Å². The van der Waals surface area contributed by atoms with Gasteiger partial charge in [-0.15, -0.1) is 10.2 Å². The number of methoxy groups -OCH3 is 1. The van der Waals surface area contributed by atoms with Crippen molar-refractivity contribution in [3.8, 4) is 17.1 Å². The van der Waals surface area contributed by atoms with Crippen LogP contribution in [0.1, 0.15) is 6.92 Å². The van der Waals surface area contributed by atoms with E-state index in [1.807, 2.05) is 35.8 Å². The predicted octanol–water partition coefficient (Wildman–Crippen LogP) is 2.11. The molecule has 1 aromatic carbocycles. The van der Waals surface area contributed by atoms with Crippen LogP contribution in [0.2, 0.25) is 0 Å². The number of hydrogen-bond donors (Lipinski definition) is 0. The monoisotopic (exact) mass is 341 g/mol. The second-order valence-corrected chi connectivity index (χ2v) is 8.08. The normalized spacial score (nSPS) is 11.6. The molecule has 0 amide bonds. The van der Waals surface area contributed by atoms with Gasteiger partial charge in [0, 0.05) is 24.1 Å². The van der Waals surface area contributed by atoms with Gasteiger partial charge in [-0.25, -0.2) is 8.42 Å². The minimum atomic E-state index is -2.96. The van der Waals surface area contributed by atoms with Crippen LogP contribution in [-0.2, 0) is 16.4 Å². The molecule has 0 N–H and O–H groups in total. The lowest BCUT2D eigenvalue weighted by Crippen LogP contribution is -2.06. The average molecular weight is 341 g/mol. The molecule has 0 aliphatic heterocycles. The van der Waals surface area contributed by atoms with E-state index < -0.39 is 9.84 Å². The summed E-state index contributed by atoms with van der Waals surface area (Å²) in [6.45, 7) is 2.73. The molecule has 0 atom stereocenters. The van der Waals surface area contributed by atoms with E-state index >= 15 is 0 Å². The Balaban J connectivity index is 2.19. The predicted molar refractivity (Wildman–Crippen MR) is 88.1 cm³/mol. The Kier molecular flexibility index (Phi) is 5.47. The zero-order chi connectivity index (χ0) is 16.2. The van der Waals surface area contributed by atoms with Gasteiger partial charge in [-0.2, -0.15) is 0 Å². The summed E-state index contributed by atoms with van der Waals surface area (Å²) in [5, 5.41) is 9.14. The maximum atomic E-state index is 11.2. The summed E-state index contributed by atoms with van der Waals surface area (Å²) < 4.78 is 29.5. The molecule has 0 unspecified atom stereocenters. The summed E-state index contributed by atoms with van der Waals surface area (Å²) in [6.07, 6.45) is 1.24. The van der Waals surface area contributed by atoms with E-state index in [1.54, 1.807) is 7.11 Å². The largest absolute Gasteiger partial charge is 0.497 e. The molecule has 8 heteroatoms. The van der Waals surface area contributed by atoms with Crippen LogP contribution in [0, 0.1) is 0 Å². The van der Waals surface area contributed by atoms with E-state index in [0.29, 0.717) is 5.75 Å². The lowest BCUT2D eigenvalue weighted by molar-refractivity contribution is 0.415.